The molecule has 34 heavy (non-hydrogen) atoms. The monoisotopic (exact) mass is 504 g/mol. The maximum Gasteiger partial charge on any atom is 0.295 e. The van der Waals surface area contributed by atoms with Crippen molar-refractivity contribution in [1.82, 2.24) is 14.1 Å². The summed E-state index contributed by atoms with van der Waals surface area (Å²) in [5, 5.41) is 20.4. The quantitative estimate of drug-likeness (QED) is 0.297. The number of anilines is 1. The fraction of sp³-hybridized carbons (Fsp3) is 0.238. The summed E-state index contributed by atoms with van der Waals surface area (Å²) in [7, 11) is -3.88. The second kappa shape index (κ2) is 9.89. The van der Waals surface area contributed by atoms with Crippen LogP contribution in [0.2, 0.25) is 5.15 Å². The third-order valence-corrected chi connectivity index (χ3v) is 7.46. The van der Waals surface area contributed by atoms with Crippen molar-refractivity contribution in [1.29, 1.82) is 0 Å². The maximum atomic E-state index is 12.8. The highest BCUT2D eigenvalue weighted by molar-refractivity contribution is 7.89. The lowest BCUT2D eigenvalue weighted by Gasteiger charge is -2.26. The van der Waals surface area contributed by atoms with E-state index in [9.17, 15) is 18.5 Å². The Morgan fingerprint density at radius 1 is 1.21 bits per heavy atom. The molecule has 2 aromatic carbocycles. The molecule has 178 valence electrons. The van der Waals surface area contributed by atoms with Gasteiger partial charge in [0, 0.05) is 19.2 Å². The van der Waals surface area contributed by atoms with Gasteiger partial charge < -0.3 is 4.74 Å². The Kier molecular flexibility index (Phi) is 6.93. The van der Waals surface area contributed by atoms with Crippen LogP contribution in [0.25, 0.3) is 5.69 Å². The van der Waals surface area contributed by atoms with E-state index in [0.29, 0.717) is 16.4 Å². The third kappa shape index (κ3) is 4.80. The molecule has 0 amide bonds. The number of hydrogen-bond donors (Lipinski definition) is 1. The molecule has 4 rings (SSSR count). The first-order chi connectivity index (χ1) is 16.3. The van der Waals surface area contributed by atoms with E-state index in [0.717, 1.165) is 11.8 Å². The summed E-state index contributed by atoms with van der Waals surface area (Å²) in [4.78, 5) is 10.8. The number of benzene rings is 2. The average molecular weight is 505 g/mol. The molecule has 1 N–H and O–H groups in total. The van der Waals surface area contributed by atoms with Crippen LogP contribution in [-0.4, -0.2) is 59.9 Å². The number of sulfonamides is 1. The van der Waals surface area contributed by atoms with Crippen molar-refractivity contribution in [3.63, 3.8) is 0 Å². The normalized spacial score (nSPS) is 15.0. The van der Waals surface area contributed by atoms with Crippen molar-refractivity contribution in [3.05, 3.63) is 75.1 Å². The Bertz CT molecular complexity index is 1340. The number of ether oxygens (including phenoxy) is 1. The van der Waals surface area contributed by atoms with Crippen LogP contribution in [-0.2, 0) is 14.8 Å². The second-order valence-electron chi connectivity index (χ2n) is 7.36. The van der Waals surface area contributed by atoms with Gasteiger partial charge in [-0.2, -0.15) is 14.5 Å². The SMILES string of the molecule is Cc1nn(-c2ccccc2)c(Cl)c1/C=N\Nc1ccc(S(=O)(=O)N2CCOCC2)cc1[N+](=O)[O-]. The highest BCUT2D eigenvalue weighted by Crippen LogP contribution is 2.29. The average Bonchev–Trinajstić information content (AvgIpc) is 3.13. The van der Waals surface area contributed by atoms with Crippen LogP contribution in [0.15, 0.2) is 58.5 Å². The fourth-order valence-corrected chi connectivity index (χ4v) is 5.17. The molecule has 0 atom stereocenters. The molecule has 3 aromatic rings. The molecular formula is C21H21ClN6O5S. The highest BCUT2D eigenvalue weighted by Gasteiger charge is 2.29. The number of hydrogen-bond acceptors (Lipinski definition) is 8. The number of hydrazone groups is 1. The van der Waals surface area contributed by atoms with E-state index < -0.39 is 20.6 Å². The summed E-state index contributed by atoms with van der Waals surface area (Å²) in [5.74, 6) is 0. The molecule has 0 radical (unpaired) electrons. The van der Waals surface area contributed by atoms with Crippen LogP contribution in [0.4, 0.5) is 11.4 Å². The molecule has 13 heteroatoms. The summed E-state index contributed by atoms with van der Waals surface area (Å²) in [6, 6.07) is 12.9. The minimum absolute atomic E-state index is 0.0337. The van der Waals surface area contributed by atoms with E-state index in [2.05, 4.69) is 15.6 Å². The predicted octanol–water partition coefficient (Wildman–Crippen LogP) is 3.21. The zero-order valence-corrected chi connectivity index (χ0v) is 19.7. The van der Waals surface area contributed by atoms with Crippen LogP contribution in [0.5, 0.6) is 0 Å². The van der Waals surface area contributed by atoms with Gasteiger partial charge in [-0.1, -0.05) is 29.8 Å². The zero-order chi connectivity index (χ0) is 24.3. The minimum Gasteiger partial charge on any atom is -0.379 e. The van der Waals surface area contributed by atoms with Gasteiger partial charge in [-0.05, 0) is 31.2 Å². The van der Waals surface area contributed by atoms with Crippen LogP contribution in [0, 0.1) is 17.0 Å². The molecule has 0 aliphatic carbocycles. The Labute approximate surface area is 200 Å². The maximum absolute atomic E-state index is 12.8. The van der Waals surface area contributed by atoms with Gasteiger partial charge >= 0.3 is 0 Å². The van der Waals surface area contributed by atoms with Gasteiger partial charge in [-0.25, -0.2) is 13.1 Å². The fourth-order valence-electron chi connectivity index (χ4n) is 3.42. The molecule has 11 nitrogen and oxygen atoms in total. The number of nitrogens with one attached hydrogen (secondary N) is 1. The van der Waals surface area contributed by atoms with E-state index >= 15 is 0 Å². The van der Waals surface area contributed by atoms with Gasteiger partial charge in [-0.3, -0.25) is 15.5 Å². The molecule has 1 aliphatic heterocycles. The number of para-hydroxylation sites is 1. The number of nitro groups is 1. The summed E-state index contributed by atoms with van der Waals surface area (Å²) in [5.41, 5.74) is 4.14. The standard InChI is InChI=1S/C21H21ClN6O5S/c1-15-18(21(22)27(25-15)16-5-3-2-4-6-16)14-23-24-19-8-7-17(13-20(19)28(29)30)34(31,32)26-9-11-33-12-10-26/h2-8,13-14,24H,9-12H2,1H3/b23-14-. The zero-order valence-electron chi connectivity index (χ0n) is 18.1. The first-order valence-corrected chi connectivity index (χ1v) is 12.1. The molecule has 0 bridgehead atoms. The second-order valence-corrected chi connectivity index (χ2v) is 9.66. The van der Waals surface area contributed by atoms with E-state index in [1.807, 2.05) is 30.3 Å². The highest BCUT2D eigenvalue weighted by atomic mass is 35.5. The number of nitro benzene ring substituents is 1. The molecular weight excluding hydrogens is 484 g/mol. The third-order valence-electron chi connectivity index (χ3n) is 5.20. The molecule has 0 spiro atoms. The Balaban J connectivity index is 1.58. The van der Waals surface area contributed by atoms with Crippen molar-refractivity contribution in [2.24, 2.45) is 5.10 Å². The van der Waals surface area contributed by atoms with Crippen LogP contribution in [0.3, 0.4) is 0 Å². The van der Waals surface area contributed by atoms with Crippen LogP contribution in [0.1, 0.15) is 11.3 Å². The molecule has 1 fully saturated rings. The van der Waals surface area contributed by atoms with Gasteiger partial charge in [0.25, 0.3) is 5.69 Å². The number of aryl methyl sites for hydroxylation is 1. The summed E-state index contributed by atoms with van der Waals surface area (Å²) in [6.07, 6.45) is 1.41. The lowest BCUT2D eigenvalue weighted by Crippen LogP contribution is -2.40. The predicted molar refractivity (Wildman–Crippen MR) is 127 cm³/mol. The van der Waals surface area contributed by atoms with Gasteiger partial charge in [0.15, 0.2) is 0 Å². The minimum atomic E-state index is -3.88. The van der Waals surface area contributed by atoms with Crippen LogP contribution >= 0.6 is 11.6 Å². The lowest BCUT2D eigenvalue weighted by atomic mass is 10.3. The van der Waals surface area contributed by atoms with Crippen molar-refractivity contribution in [3.8, 4) is 5.69 Å². The summed E-state index contributed by atoms with van der Waals surface area (Å²) >= 11 is 6.47. The molecule has 1 saturated heterocycles. The van der Waals surface area contributed by atoms with Crippen LogP contribution < -0.4 is 5.43 Å². The van der Waals surface area contributed by atoms with E-state index in [-0.39, 0.29) is 36.9 Å². The van der Waals surface area contributed by atoms with E-state index in [1.165, 1.54) is 22.7 Å². The Morgan fingerprint density at radius 3 is 2.59 bits per heavy atom. The van der Waals surface area contributed by atoms with Crippen molar-refractivity contribution in [2.45, 2.75) is 11.8 Å². The molecule has 1 aromatic heterocycles. The van der Waals surface area contributed by atoms with E-state index in [4.69, 9.17) is 16.3 Å². The molecule has 2 heterocycles. The van der Waals surface area contributed by atoms with Crippen molar-refractivity contribution in [2.75, 3.05) is 31.7 Å². The number of nitrogens with zero attached hydrogens (tertiary/aromatic N) is 5. The summed E-state index contributed by atoms with van der Waals surface area (Å²) in [6.45, 7) is 2.70. The molecule has 1 aliphatic rings. The first-order valence-electron chi connectivity index (χ1n) is 10.2. The lowest BCUT2D eigenvalue weighted by molar-refractivity contribution is -0.384. The number of aromatic nitrogens is 2. The van der Waals surface area contributed by atoms with Gasteiger partial charge in [0.2, 0.25) is 10.0 Å². The first kappa shape index (κ1) is 23.8. The summed E-state index contributed by atoms with van der Waals surface area (Å²) < 4.78 is 33.7. The topological polar surface area (TPSA) is 132 Å². The van der Waals surface area contributed by atoms with Gasteiger partial charge in [-0.15, -0.1) is 0 Å². The molecule has 0 unspecified atom stereocenters. The van der Waals surface area contributed by atoms with Crippen molar-refractivity contribution < 1.29 is 18.1 Å². The number of morpholine rings is 1. The smallest absolute Gasteiger partial charge is 0.295 e. The number of rotatable bonds is 7. The Hall–Kier alpha value is -3.32. The Morgan fingerprint density at radius 2 is 1.91 bits per heavy atom. The van der Waals surface area contributed by atoms with Crippen molar-refractivity contribution >= 4 is 39.2 Å². The molecule has 0 saturated carbocycles. The number of halogens is 1. The largest absolute Gasteiger partial charge is 0.379 e. The van der Waals surface area contributed by atoms with Gasteiger partial charge in [0.05, 0.1) is 46.2 Å². The van der Waals surface area contributed by atoms with Gasteiger partial charge in [0.1, 0.15) is 10.8 Å². The van der Waals surface area contributed by atoms with E-state index in [1.54, 1.807) is 11.6 Å².